The van der Waals surface area contributed by atoms with E-state index in [1.165, 1.54) is 12.1 Å². The summed E-state index contributed by atoms with van der Waals surface area (Å²) in [4.78, 5) is 12.0. The molecule has 0 unspecified atom stereocenters. The molecule has 2 nitrogen and oxygen atoms in total. The largest absolute Gasteiger partial charge is 0.381 e. The number of carbonyl (C=O) groups is 1. The highest BCUT2D eigenvalue weighted by molar-refractivity contribution is 6.05. The van der Waals surface area contributed by atoms with Gasteiger partial charge in [0, 0.05) is 23.2 Å². The number of halogens is 1. The lowest BCUT2D eigenvalue weighted by Crippen LogP contribution is -2.35. The molecule has 2 atom stereocenters. The second kappa shape index (κ2) is 3.05. The zero-order valence-electron chi connectivity index (χ0n) is 8.29. The lowest BCUT2D eigenvalue weighted by Gasteiger charge is -2.28. The molecule has 3 heteroatoms. The Balaban J connectivity index is 2.09. The van der Waals surface area contributed by atoms with Crippen molar-refractivity contribution in [3.05, 3.63) is 29.6 Å². The average molecular weight is 205 g/mol. The minimum atomic E-state index is -0.333. The minimum absolute atomic E-state index is 0.0688. The van der Waals surface area contributed by atoms with Gasteiger partial charge in [-0.1, -0.05) is 6.42 Å². The molecular weight excluding hydrogens is 193 g/mol. The first-order valence-electron chi connectivity index (χ1n) is 5.36. The molecule has 1 N–H and O–H groups in total. The van der Waals surface area contributed by atoms with Gasteiger partial charge in [0.25, 0.3) is 0 Å². The molecule has 0 bridgehead atoms. The van der Waals surface area contributed by atoms with E-state index in [4.69, 9.17) is 0 Å². The Bertz CT molecular complexity index is 430. The van der Waals surface area contributed by atoms with Crippen molar-refractivity contribution in [2.45, 2.75) is 25.3 Å². The summed E-state index contributed by atoms with van der Waals surface area (Å²) in [6.07, 6.45) is 3.07. The van der Waals surface area contributed by atoms with Crippen LogP contribution in [-0.2, 0) is 0 Å². The molecule has 1 aromatic rings. The standard InChI is InChI=1S/C12H12FNO/c13-7-4-5-11-9(6-7)12(15)8-2-1-3-10(8)14-11/h4-6,8,10,14H,1-3H2/t8-,10+/m1/s1. The van der Waals surface area contributed by atoms with Crippen LogP contribution >= 0.6 is 0 Å². The number of fused-ring (bicyclic) bond motifs is 2. The summed E-state index contributed by atoms with van der Waals surface area (Å²) in [5.74, 6) is -0.148. The van der Waals surface area contributed by atoms with Crippen LogP contribution in [0.25, 0.3) is 0 Å². The van der Waals surface area contributed by atoms with Crippen molar-refractivity contribution in [3.63, 3.8) is 0 Å². The SMILES string of the molecule is O=C1c2cc(F)ccc2N[C@H]2CCC[C@@H]12. The van der Waals surface area contributed by atoms with E-state index in [1.54, 1.807) is 6.07 Å². The summed E-state index contributed by atoms with van der Waals surface area (Å²) in [5.41, 5.74) is 1.32. The molecule has 0 saturated heterocycles. The summed E-state index contributed by atoms with van der Waals surface area (Å²) in [6, 6.07) is 4.68. The zero-order chi connectivity index (χ0) is 10.4. The summed E-state index contributed by atoms with van der Waals surface area (Å²) < 4.78 is 13.0. The molecule has 1 aromatic carbocycles. The molecule has 0 radical (unpaired) electrons. The van der Waals surface area contributed by atoms with Gasteiger partial charge in [-0.15, -0.1) is 0 Å². The third-order valence-corrected chi connectivity index (χ3v) is 3.44. The fraction of sp³-hybridized carbons (Fsp3) is 0.417. The topological polar surface area (TPSA) is 29.1 Å². The number of Topliss-reactive ketones (excluding diaryl/α,β-unsaturated/α-hetero) is 1. The van der Waals surface area contributed by atoms with E-state index in [1.807, 2.05) is 0 Å². The second-order valence-corrected chi connectivity index (χ2v) is 4.34. The van der Waals surface area contributed by atoms with Crippen molar-refractivity contribution in [2.24, 2.45) is 5.92 Å². The first-order chi connectivity index (χ1) is 7.25. The molecule has 1 heterocycles. The number of anilines is 1. The zero-order valence-corrected chi connectivity index (χ0v) is 8.29. The fourth-order valence-corrected chi connectivity index (χ4v) is 2.69. The Hall–Kier alpha value is -1.38. The third kappa shape index (κ3) is 1.26. The maximum atomic E-state index is 13.0. The molecular formula is C12H12FNO. The highest BCUT2D eigenvalue weighted by atomic mass is 19.1. The Morgan fingerprint density at radius 2 is 2.20 bits per heavy atom. The van der Waals surface area contributed by atoms with Gasteiger partial charge in [0.2, 0.25) is 0 Å². The smallest absolute Gasteiger partial charge is 0.170 e. The molecule has 1 aliphatic heterocycles. The molecule has 2 aliphatic rings. The molecule has 1 saturated carbocycles. The second-order valence-electron chi connectivity index (χ2n) is 4.34. The lowest BCUT2D eigenvalue weighted by molar-refractivity contribution is 0.0911. The monoisotopic (exact) mass is 205 g/mol. The molecule has 0 amide bonds. The van der Waals surface area contributed by atoms with Crippen LogP contribution in [-0.4, -0.2) is 11.8 Å². The Morgan fingerprint density at radius 3 is 3.07 bits per heavy atom. The predicted molar refractivity (Wildman–Crippen MR) is 55.5 cm³/mol. The van der Waals surface area contributed by atoms with Gasteiger partial charge in [-0.05, 0) is 31.0 Å². The molecule has 15 heavy (non-hydrogen) atoms. The van der Waals surface area contributed by atoms with Crippen LogP contribution in [0.2, 0.25) is 0 Å². The van der Waals surface area contributed by atoms with Gasteiger partial charge in [0.15, 0.2) is 5.78 Å². The van der Waals surface area contributed by atoms with E-state index in [2.05, 4.69) is 5.32 Å². The van der Waals surface area contributed by atoms with Crippen LogP contribution in [0.4, 0.5) is 10.1 Å². The Morgan fingerprint density at radius 1 is 1.33 bits per heavy atom. The van der Waals surface area contributed by atoms with Crippen LogP contribution < -0.4 is 5.32 Å². The molecule has 3 rings (SSSR count). The van der Waals surface area contributed by atoms with Crippen LogP contribution in [0.3, 0.4) is 0 Å². The van der Waals surface area contributed by atoms with Crippen LogP contribution in [0, 0.1) is 11.7 Å². The van der Waals surface area contributed by atoms with Crippen LogP contribution in [0.5, 0.6) is 0 Å². The van der Waals surface area contributed by atoms with Gasteiger partial charge in [0.05, 0.1) is 0 Å². The number of rotatable bonds is 0. The number of carbonyl (C=O) groups excluding carboxylic acids is 1. The first kappa shape index (κ1) is 8.89. The highest BCUT2D eigenvalue weighted by Crippen LogP contribution is 2.37. The van der Waals surface area contributed by atoms with E-state index in [-0.39, 0.29) is 23.6 Å². The van der Waals surface area contributed by atoms with Gasteiger partial charge in [-0.25, -0.2) is 4.39 Å². The Labute approximate surface area is 87.5 Å². The number of ketones is 1. The molecule has 1 fully saturated rings. The molecule has 0 spiro atoms. The van der Waals surface area contributed by atoms with Crippen molar-refractivity contribution in [1.82, 2.24) is 0 Å². The number of nitrogens with one attached hydrogen (secondary N) is 1. The first-order valence-corrected chi connectivity index (χ1v) is 5.36. The quantitative estimate of drug-likeness (QED) is 0.705. The van der Waals surface area contributed by atoms with Crippen LogP contribution in [0.1, 0.15) is 29.6 Å². The average Bonchev–Trinajstić information content (AvgIpc) is 2.68. The van der Waals surface area contributed by atoms with Gasteiger partial charge < -0.3 is 5.32 Å². The van der Waals surface area contributed by atoms with Crippen molar-refractivity contribution < 1.29 is 9.18 Å². The van der Waals surface area contributed by atoms with Gasteiger partial charge >= 0.3 is 0 Å². The third-order valence-electron chi connectivity index (χ3n) is 3.44. The number of benzene rings is 1. The van der Waals surface area contributed by atoms with Gasteiger partial charge in [-0.3, -0.25) is 4.79 Å². The van der Waals surface area contributed by atoms with E-state index in [0.717, 1.165) is 24.9 Å². The number of hydrogen-bond acceptors (Lipinski definition) is 2. The minimum Gasteiger partial charge on any atom is -0.381 e. The Kier molecular flexibility index (Phi) is 1.81. The molecule has 1 aliphatic carbocycles. The van der Waals surface area contributed by atoms with E-state index in [9.17, 15) is 9.18 Å². The molecule has 78 valence electrons. The summed E-state index contributed by atoms with van der Waals surface area (Å²) in [5, 5.41) is 3.33. The summed E-state index contributed by atoms with van der Waals surface area (Å²) >= 11 is 0. The predicted octanol–water partition coefficient (Wildman–Crippen LogP) is 2.60. The van der Waals surface area contributed by atoms with Crippen LogP contribution in [0.15, 0.2) is 18.2 Å². The lowest BCUT2D eigenvalue weighted by atomic mass is 9.88. The number of hydrogen-bond donors (Lipinski definition) is 1. The summed E-state index contributed by atoms with van der Waals surface area (Å²) in [7, 11) is 0. The van der Waals surface area contributed by atoms with Crippen molar-refractivity contribution >= 4 is 11.5 Å². The van der Waals surface area contributed by atoms with Gasteiger partial charge in [0.1, 0.15) is 5.82 Å². The summed E-state index contributed by atoms with van der Waals surface area (Å²) in [6.45, 7) is 0. The normalized spacial score (nSPS) is 28.2. The maximum absolute atomic E-state index is 13.0. The molecule has 0 aromatic heterocycles. The van der Waals surface area contributed by atoms with E-state index in [0.29, 0.717) is 5.56 Å². The van der Waals surface area contributed by atoms with Crippen molar-refractivity contribution in [2.75, 3.05) is 5.32 Å². The van der Waals surface area contributed by atoms with Crippen molar-refractivity contribution in [3.8, 4) is 0 Å². The van der Waals surface area contributed by atoms with E-state index >= 15 is 0 Å². The fourth-order valence-electron chi connectivity index (χ4n) is 2.69. The van der Waals surface area contributed by atoms with Gasteiger partial charge in [-0.2, -0.15) is 0 Å². The maximum Gasteiger partial charge on any atom is 0.170 e. The van der Waals surface area contributed by atoms with E-state index < -0.39 is 0 Å². The van der Waals surface area contributed by atoms with Crippen molar-refractivity contribution in [1.29, 1.82) is 0 Å². The highest BCUT2D eigenvalue weighted by Gasteiger charge is 2.38.